The zero-order valence-electron chi connectivity index (χ0n) is 24.0. The Morgan fingerprint density at radius 3 is 2.33 bits per heavy atom. The van der Waals surface area contributed by atoms with E-state index in [9.17, 15) is 8.42 Å². The summed E-state index contributed by atoms with van der Waals surface area (Å²) >= 11 is 0. The lowest BCUT2D eigenvalue weighted by Gasteiger charge is -2.25. The first-order valence-corrected chi connectivity index (χ1v) is 14.7. The molecule has 0 N–H and O–H groups in total. The third-order valence-corrected chi connectivity index (χ3v) is 8.66. The highest BCUT2D eigenvalue weighted by Crippen LogP contribution is 2.33. The minimum atomic E-state index is -3.86. The highest BCUT2D eigenvalue weighted by molar-refractivity contribution is 7.91. The summed E-state index contributed by atoms with van der Waals surface area (Å²) in [6, 6.07) is 4.87. The van der Waals surface area contributed by atoms with Crippen molar-refractivity contribution in [1.29, 1.82) is 0 Å². The molecule has 0 aliphatic rings. The van der Waals surface area contributed by atoms with Crippen LogP contribution in [0.2, 0.25) is 0 Å². The summed E-state index contributed by atoms with van der Waals surface area (Å²) < 4.78 is 46.4. The van der Waals surface area contributed by atoms with Gasteiger partial charge in [-0.25, -0.2) is 23.4 Å². The van der Waals surface area contributed by atoms with E-state index < -0.39 is 33.0 Å². The number of hydrogen-bond donors (Lipinski definition) is 0. The maximum Gasteiger partial charge on any atom is 0.213 e. The van der Waals surface area contributed by atoms with E-state index in [2.05, 4.69) is 30.3 Å². The Morgan fingerprint density at radius 2 is 1.73 bits per heavy atom. The van der Waals surface area contributed by atoms with Crippen LogP contribution < -0.4 is 4.74 Å². The number of sulfone groups is 1. The quantitative estimate of drug-likeness (QED) is 0.257. The van der Waals surface area contributed by atoms with Gasteiger partial charge in [0.1, 0.15) is 29.1 Å². The summed E-state index contributed by atoms with van der Waals surface area (Å²) in [5, 5.41) is 11.8. The van der Waals surface area contributed by atoms with Gasteiger partial charge in [-0.1, -0.05) is 11.2 Å². The van der Waals surface area contributed by atoms with Crippen molar-refractivity contribution >= 4 is 9.84 Å². The third kappa shape index (κ3) is 6.04. The molecule has 4 aromatic rings. The number of aromatic nitrogens is 7. The summed E-state index contributed by atoms with van der Waals surface area (Å²) in [6.07, 6.45) is 2.17. The first kappa shape index (κ1) is 29.3. The number of pyridine rings is 1. The van der Waals surface area contributed by atoms with Crippen molar-refractivity contribution in [3.8, 4) is 17.4 Å². The van der Waals surface area contributed by atoms with Crippen molar-refractivity contribution in [2.24, 2.45) is 0 Å². The smallest absolute Gasteiger partial charge is 0.213 e. The Morgan fingerprint density at radius 1 is 1.02 bits per heavy atom. The zero-order valence-corrected chi connectivity index (χ0v) is 24.8. The minimum absolute atomic E-state index is 0.243. The van der Waals surface area contributed by atoms with Gasteiger partial charge in [-0.3, -0.25) is 0 Å². The second kappa shape index (κ2) is 11.8. The molecule has 214 valence electrons. The number of methoxy groups -OCH3 is 1. The van der Waals surface area contributed by atoms with Gasteiger partial charge in [-0.2, -0.15) is 0 Å². The van der Waals surface area contributed by atoms with Crippen LogP contribution >= 0.6 is 0 Å². The van der Waals surface area contributed by atoms with Gasteiger partial charge in [-0.15, -0.1) is 10.2 Å². The summed E-state index contributed by atoms with van der Waals surface area (Å²) in [6.45, 7) is 12.7. The Balaban J connectivity index is 1.79. The lowest BCUT2D eigenvalue weighted by Crippen LogP contribution is -2.32. The number of aryl methyl sites for hydroxylation is 3. The fourth-order valence-corrected chi connectivity index (χ4v) is 5.98. The van der Waals surface area contributed by atoms with E-state index in [1.807, 2.05) is 41.5 Å². The van der Waals surface area contributed by atoms with Crippen LogP contribution in [0.4, 0.5) is 0 Å². The van der Waals surface area contributed by atoms with Gasteiger partial charge in [0.05, 0.1) is 30.2 Å². The molecule has 0 aromatic carbocycles. The van der Waals surface area contributed by atoms with E-state index >= 15 is 0 Å². The molecule has 3 atom stereocenters. The molecule has 0 spiro atoms. The summed E-state index contributed by atoms with van der Waals surface area (Å²) in [5.74, 6) is 1.55. The van der Waals surface area contributed by atoms with Gasteiger partial charge in [0.2, 0.25) is 5.88 Å². The predicted octanol–water partition coefficient (Wildman–Crippen LogP) is 4.13. The average Bonchev–Trinajstić information content (AvgIpc) is 3.48. The molecule has 12 nitrogen and oxygen atoms in total. The minimum Gasteiger partial charge on any atom is -0.481 e. The maximum atomic E-state index is 13.9. The van der Waals surface area contributed by atoms with Gasteiger partial charge >= 0.3 is 0 Å². The van der Waals surface area contributed by atoms with Gasteiger partial charge in [0.25, 0.3) is 0 Å². The fourth-order valence-electron chi connectivity index (χ4n) is 4.60. The predicted molar refractivity (Wildman–Crippen MR) is 147 cm³/mol. The molecule has 0 aliphatic heterocycles. The van der Waals surface area contributed by atoms with Crippen LogP contribution in [0.3, 0.4) is 0 Å². The van der Waals surface area contributed by atoms with E-state index in [4.69, 9.17) is 14.0 Å². The van der Waals surface area contributed by atoms with E-state index in [1.54, 1.807) is 42.1 Å². The Hall–Kier alpha value is -3.71. The zero-order chi connectivity index (χ0) is 29.2. The van der Waals surface area contributed by atoms with Crippen LogP contribution in [0.5, 0.6) is 5.88 Å². The molecular weight excluding hydrogens is 534 g/mol. The third-order valence-electron chi connectivity index (χ3n) is 6.62. The van der Waals surface area contributed by atoms with Gasteiger partial charge in [0.15, 0.2) is 21.5 Å². The van der Waals surface area contributed by atoms with Crippen LogP contribution in [-0.4, -0.2) is 61.8 Å². The SMILES string of the molecule is COc1cccc(-c2nnc(CS(=O)(=O)[C@@H](C)[C@@H](OC(C)C)c3ncc(C)cn3)n2[C@@H](C)c2c(C)noc2C)n1. The Kier molecular flexibility index (Phi) is 8.64. The number of rotatable bonds is 11. The van der Waals surface area contributed by atoms with E-state index in [1.165, 1.54) is 7.11 Å². The molecule has 0 aliphatic carbocycles. The normalized spacial score (nSPS) is 14.3. The Labute approximate surface area is 234 Å². The second-order valence-corrected chi connectivity index (χ2v) is 12.4. The standard InChI is InChI=1S/C27H35N7O5S/c1-15(2)38-25(26-28-12-16(3)13-29-26)20(7)40(35,36)14-22-31-32-27(21-10-9-11-23(30-21)37-8)34(22)18(5)24-17(4)33-39-19(24)6/h9-13,15,18,20,25H,14H2,1-8H3/t18-,20-,25+/m0/s1. The van der Waals surface area contributed by atoms with Crippen molar-refractivity contribution in [2.45, 2.75) is 77.7 Å². The topological polar surface area (TPSA) is 148 Å². The first-order chi connectivity index (χ1) is 18.9. The van der Waals surface area contributed by atoms with Crippen molar-refractivity contribution in [3.05, 3.63) is 64.8 Å². The van der Waals surface area contributed by atoms with E-state index in [-0.39, 0.29) is 11.9 Å². The summed E-state index contributed by atoms with van der Waals surface area (Å²) in [5.41, 5.74) is 2.84. The van der Waals surface area contributed by atoms with Crippen LogP contribution in [0.1, 0.15) is 74.1 Å². The largest absolute Gasteiger partial charge is 0.481 e. The lowest BCUT2D eigenvalue weighted by molar-refractivity contribution is 0.00140. The number of ether oxygens (including phenoxy) is 2. The van der Waals surface area contributed by atoms with Gasteiger partial charge in [0, 0.05) is 24.0 Å². The van der Waals surface area contributed by atoms with Gasteiger partial charge in [-0.05, 0) is 60.1 Å². The Bertz CT molecular complexity index is 1540. The molecular formula is C27H35N7O5S. The molecule has 0 saturated carbocycles. The number of hydrogen-bond acceptors (Lipinski definition) is 11. The summed E-state index contributed by atoms with van der Waals surface area (Å²) in [7, 11) is -2.33. The molecule has 0 unspecified atom stereocenters. The second-order valence-electron chi connectivity index (χ2n) is 10.0. The van der Waals surface area contributed by atoms with Crippen molar-refractivity contribution in [1.82, 2.24) is 34.9 Å². The van der Waals surface area contributed by atoms with Crippen LogP contribution in [0.25, 0.3) is 11.5 Å². The average molecular weight is 570 g/mol. The molecule has 0 amide bonds. The summed E-state index contributed by atoms with van der Waals surface area (Å²) in [4.78, 5) is 13.2. The fraction of sp³-hybridized carbons (Fsp3) is 0.481. The lowest BCUT2D eigenvalue weighted by atomic mass is 10.1. The van der Waals surface area contributed by atoms with Crippen LogP contribution in [-0.2, 0) is 20.3 Å². The molecule has 13 heteroatoms. The van der Waals surface area contributed by atoms with Gasteiger partial charge < -0.3 is 18.6 Å². The first-order valence-electron chi connectivity index (χ1n) is 13.0. The highest BCUT2D eigenvalue weighted by atomic mass is 32.2. The molecule has 4 aromatic heterocycles. The maximum absolute atomic E-state index is 13.9. The molecule has 0 bridgehead atoms. The highest BCUT2D eigenvalue weighted by Gasteiger charge is 2.36. The molecule has 0 fully saturated rings. The van der Waals surface area contributed by atoms with Crippen molar-refractivity contribution in [3.63, 3.8) is 0 Å². The molecule has 4 heterocycles. The molecule has 0 saturated heterocycles. The van der Waals surface area contributed by atoms with Crippen molar-refractivity contribution in [2.75, 3.05) is 7.11 Å². The number of nitrogens with zero attached hydrogens (tertiary/aromatic N) is 7. The van der Waals surface area contributed by atoms with E-state index in [0.717, 1.165) is 11.1 Å². The van der Waals surface area contributed by atoms with Crippen LogP contribution in [0, 0.1) is 20.8 Å². The molecule has 0 radical (unpaired) electrons. The van der Waals surface area contributed by atoms with E-state index in [0.29, 0.717) is 34.7 Å². The van der Waals surface area contributed by atoms with Crippen LogP contribution in [0.15, 0.2) is 35.1 Å². The molecule has 40 heavy (non-hydrogen) atoms. The molecule has 4 rings (SSSR count). The van der Waals surface area contributed by atoms with Crippen molar-refractivity contribution < 1.29 is 22.4 Å². The monoisotopic (exact) mass is 569 g/mol.